The molecule has 1 aliphatic heterocycles. The van der Waals surface area contributed by atoms with E-state index >= 15 is 0 Å². The zero-order chi connectivity index (χ0) is 17.8. The molecule has 0 aliphatic carbocycles. The van der Waals surface area contributed by atoms with Crippen LogP contribution in [-0.2, 0) is 16.1 Å². The predicted molar refractivity (Wildman–Crippen MR) is 89.5 cm³/mol. The normalized spacial score (nSPS) is 13.0. The molecule has 7 heteroatoms. The smallest absolute Gasteiger partial charge is 0.335 e. The van der Waals surface area contributed by atoms with Gasteiger partial charge in [0.1, 0.15) is 12.3 Å². The van der Waals surface area contributed by atoms with Crippen LogP contribution in [0.1, 0.15) is 15.9 Å². The Morgan fingerprint density at radius 1 is 1.16 bits per heavy atom. The Labute approximate surface area is 143 Å². The van der Waals surface area contributed by atoms with E-state index in [0.29, 0.717) is 12.3 Å². The topological polar surface area (TPSA) is 95.9 Å². The zero-order valence-corrected chi connectivity index (χ0v) is 13.3. The van der Waals surface area contributed by atoms with E-state index < -0.39 is 11.9 Å². The second-order valence-corrected chi connectivity index (χ2v) is 5.52. The van der Waals surface area contributed by atoms with Crippen molar-refractivity contribution < 1.29 is 24.2 Å². The van der Waals surface area contributed by atoms with Gasteiger partial charge in [-0.15, -0.1) is 0 Å². The average Bonchev–Trinajstić information content (AvgIpc) is 2.63. The van der Waals surface area contributed by atoms with Gasteiger partial charge in [-0.2, -0.15) is 0 Å². The summed E-state index contributed by atoms with van der Waals surface area (Å²) in [5.74, 6) is -1.48. The number of nitrogens with zero attached hydrogens (tertiary/aromatic N) is 1. The summed E-state index contributed by atoms with van der Waals surface area (Å²) in [6.07, 6.45) is 0. The van der Waals surface area contributed by atoms with Crippen molar-refractivity contribution in [1.29, 1.82) is 0 Å². The van der Waals surface area contributed by atoms with Crippen LogP contribution in [0.4, 0.5) is 5.69 Å². The lowest BCUT2D eigenvalue weighted by Crippen LogP contribution is -2.45. The summed E-state index contributed by atoms with van der Waals surface area (Å²) in [4.78, 5) is 36.7. The van der Waals surface area contributed by atoms with Crippen LogP contribution in [0.5, 0.6) is 5.75 Å². The van der Waals surface area contributed by atoms with Crippen LogP contribution in [-0.4, -0.2) is 36.0 Å². The molecule has 1 heterocycles. The van der Waals surface area contributed by atoms with E-state index in [0.717, 1.165) is 5.56 Å². The predicted octanol–water partition coefficient (Wildman–Crippen LogP) is 1.43. The molecule has 128 valence electrons. The first-order chi connectivity index (χ1) is 12.0. The lowest BCUT2D eigenvalue weighted by Gasteiger charge is -2.29. The lowest BCUT2D eigenvalue weighted by molar-refractivity contribution is -0.125. The lowest BCUT2D eigenvalue weighted by atomic mass is 10.1. The first kappa shape index (κ1) is 16.5. The van der Waals surface area contributed by atoms with Gasteiger partial charge in [0.15, 0.2) is 6.61 Å². The number of anilines is 1. The van der Waals surface area contributed by atoms with Crippen LogP contribution in [0.3, 0.4) is 0 Å². The number of amides is 2. The van der Waals surface area contributed by atoms with Gasteiger partial charge in [-0.25, -0.2) is 4.79 Å². The van der Waals surface area contributed by atoms with Crippen LogP contribution >= 0.6 is 0 Å². The minimum absolute atomic E-state index is 0.0201. The van der Waals surface area contributed by atoms with Gasteiger partial charge < -0.3 is 15.2 Å². The molecule has 2 aromatic rings. The van der Waals surface area contributed by atoms with Crippen molar-refractivity contribution in [3.8, 4) is 5.75 Å². The number of ether oxygens (including phenoxy) is 1. The highest BCUT2D eigenvalue weighted by Gasteiger charge is 2.28. The molecule has 0 radical (unpaired) electrons. The Bertz CT molecular complexity index is 819. The van der Waals surface area contributed by atoms with Gasteiger partial charge in [0, 0.05) is 6.54 Å². The van der Waals surface area contributed by atoms with E-state index in [-0.39, 0.29) is 30.3 Å². The first-order valence-electron chi connectivity index (χ1n) is 7.66. The number of benzene rings is 2. The molecular formula is C18H16N2O5. The quantitative estimate of drug-likeness (QED) is 0.858. The van der Waals surface area contributed by atoms with Crippen molar-refractivity contribution in [2.75, 3.05) is 18.1 Å². The number of rotatable bonds is 5. The number of aromatic carboxylic acids is 1. The summed E-state index contributed by atoms with van der Waals surface area (Å²) in [7, 11) is 0. The van der Waals surface area contributed by atoms with Crippen molar-refractivity contribution in [1.82, 2.24) is 5.32 Å². The summed E-state index contributed by atoms with van der Waals surface area (Å²) < 4.78 is 5.30. The van der Waals surface area contributed by atoms with Crippen molar-refractivity contribution in [2.24, 2.45) is 0 Å². The number of nitrogens with one attached hydrogen (secondary N) is 1. The molecule has 0 saturated heterocycles. The fourth-order valence-corrected chi connectivity index (χ4v) is 2.50. The summed E-state index contributed by atoms with van der Waals surface area (Å²) in [5.41, 5.74) is 1.25. The fraction of sp³-hybridized carbons (Fsp3) is 0.167. The monoisotopic (exact) mass is 340 g/mol. The zero-order valence-electron chi connectivity index (χ0n) is 13.3. The number of carbonyl (C=O) groups excluding carboxylic acids is 2. The second-order valence-electron chi connectivity index (χ2n) is 5.52. The first-order valence-corrected chi connectivity index (χ1v) is 7.66. The van der Waals surface area contributed by atoms with Crippen molar-refractivity contribution in [3.05, 3.63) is 59.7 Å². The number of hydrogen-bond donors (Lipinski definition) is 2. The van der Waals surface area contributed by atoms with E-state index in [1.165, 1.54) is 23.1 Å². The van der Waals surface area contributed by atoms with Gasteiger partial charge in [-0.1, -0.05) is 30.3 Å². The van der Waals surface area contributed by atoms with Crippen LogP contribution < -0.4 is 15.0 Å². The van der Waals surface area contributed by atoms with Gasteiger partial charge in [-0.3, -0.25) is 14.5 Å². The van der Waals surface area contributed by atoms with Crippen LogP contribution in [0.2, 0.25) is 0 Å². The summed E-state index contributed by atoms with van der Waals surface area (Å²) >= 11 is 0. The Hall–Kier alpha value is -3.35. The van der Waals surface area contributed by atoms with E-state index in [2.05, 4.69) is 5.32 Å². The largest absolute Gasteiger partial charge is 0.482 e. The third kappa shape index (κ3) is 3.77. The van der Waals surface area contributed by atoms with Gasteiger partial charge >= 0.3 is 5.97 Å². The Morgan fingerprint density at radius 3 is 2.64 bits per heavy atom. The maximum Gasteiger partial charge on any atom is 0.335 e. The molecule has 0 bridgehead atoms. The molecule has 0 spiro atoms. The van der Waals surface area contributed by atoms with E-state index in [4.69, 9.17) is 9.84 Å². The fourth-order valence-electron chi connectivity index (χ4n) is 2.50. The number of carbonyl (C=O) groups is 3. The number of carboxylic acid groups (broad SMARTS) is 1. The van der Waals surface area contributed by atoms with Crippen LogP contribution in [0, 0.1) is 0 Å². The van der Waals surface area contributed by atoms with E-state index in [1.54, 1.807) is 0 Å². The van der Waals surface area contributed by atoms with E-state index in [1.807, 2.05) is 30.3 Å². The summed E-state index contributed by atoms with van der Waals surface area (Å²) in [6, 6.07) is 13.6. The van der Waals surface area contributed by atoms with Gasteiger partial charge in [0.05, 0.1) is 11.3 Å². The van der Waals surface area contributed by atoms with Crippen LogP contribution in [0.15, 0.2) is 48.5 Å². The minimum atomic E-state index is -1.12. The number of carboxylic acids is 1. The average molecular weight is 340 g/mol. The SMILES string of the molecule is O=C(CN1C(=O)COc2ccc(C(=O)O)cc21)NCc1ccccc1. The minimum Gasteiger partial charge on any atom is -0.482 e. The Morgan fingerprint density at radius 2 is 1.92 bits per heavy atom. The van der Waals surface area contributed by atoms with Gasteiger partial charge in [0.2, 0.25) is 5.91 Å². The maximum atomic E-state index is 12.2. The molecule has 2 N–H and O–H groups in total. The molecule has 0 fully saturated rings. The molecule has 7 nitrogen and oxygen atoms in total. The van der Waals surface area contributed by atoms with Gasteiger partial charge in [-0.05, 0) is 23.8 Å². The van der Waals surface area contributed by atoms with Crippen molar-refractivity contribution in [2.45, 2.75) is 6.54 Å². The van der Waals surface area contributed by atoms with Gasteiger partial charge in [0.25, 0.3) is 5.91 Å². The highest BCUT2D eigenvalue weighted by molar-refractivity contribution is 6.03. The molecular weight excluding hydrogens is 324 g/mol. The third-order valence-corrected chi connectivity index (χ3v) is 3.78. The van der Waals surface area contributed by atoms with E-state index in [9.17, 15) is 14.4 Å². The summed E-state index contributed by atoms with van der Waals surface area (Å²) in [5, 5.41) is 11.9. The molecule has 1 aliphatic rings. The molecule has 2 amide bonds. The molecule has 0 saturated carbocycles. The highest BCUT2D eigenvalue weighted by Crippen LogP contribution is 2.32. The van der Waals surface area contributed by atoms with Crippen molar-refractivity contribution in [3.63, 3.8) is 0 Å². The van der Waals surface area contributed by atoms with Crippen LogP contribution in [0.25, 0.3) is 0 Å². The molecule has 25 heavy (non-hydrogen) atoms. The Kier molecular flexibility index (Phi) is 4.65. The number of fused-ring (bicyclic) bond motifs is 1. The molecule has 2 aromatic carbocycles. The Balaban J connectivity index is 1.73. The molecule has 0 atom stereocenters. The summed E-state index contributed by atoms with van der Waals surface area (Å²) in [6.45, 7) is -0.0449. The van der Waals surface area contributed by atoms with Crippen molar-refractivity contribution >= 4 is 23.5 Å². The molecule has 0 aromatic heterocycles. The number of hydrogen-bond acceptors (Lipinski definition) is 4. The maximum absolute atomic E-state index is 12.2. The standard InChI is InChI=1S/C18H16N2O5/c21-16(19-9-12-4-2-1-3-5-12)10-20-14-8-13(18(23)24)6-7-15(14)25-11-17(20)22/h1-8H,9-11H2,(H,19,21)(H,23,24). The molecule has 3 rings (SSSR count). The third-order valence-electron chi connectivity index (χ3n) is 3.78. The highest BCUT2D eigenvalue weighted by atomic mass is 16.5. The molecule has 0 unspecified atom stereocenters. The second kappa shape index (κ2) is 7.04.